The third-order valence-electron chi connectivity index (χ3n) is 3.57. The first-order valence-corrected chi connectivity index (χ1v) is 7.26. The average Bonchev–Trinajstić information content (AvgIpc) is 2.96. The fourth-order valence-electron chi connectivity index (χ4n) is 2.33. The fourth-order valence-corrected chi connectivity index (χ4v) is 2.33. The minimum absolute atomic E-state index is 0.341. The molecule has 1 heterocycles. The van der Waals surface area contributed by atoms with Crippen LogP contribution in [0, 0.1) is 0 Å². The third-order valence-corrected chi connectivity index (χ3v) is 3.57. The molecule has 2 aromatic rings. The van der Waals surface area contributed by atoms with Gasteiger partial charge in [-0.05, 0) is 49.9 Å². The topological polar surface area (TPSA) is 60.9 Å². The molecule has 0 radical (unpaired) electrons. The van der Waals surface area contributed by atoms with Gasteiger partial charge in [-0.1, -0.05) is 19.1 Å². The van der Waals surface area contributed by atoms with Crippen molar-refractivity contribution in [2.75, 3.05) is 6.54 Å². The number of hydrogen-bond acceptors (Lipinski definition) is 3. The Bertz CT molecular complexity index is 496. The van der Waals surface area contributed by atoms with Crippen molar-refractivity contribution in [1.29, 1.82) is 0 Å². The second kappa shape index (κ2) is 7.70. The molecule has 0 aliphatic heterocycles. The Hall–Kier alpha value is -1.81. The summed E-state index contributed by atoms with van der Waals surface area (Å²) < 4.78 is 0. The molecule has 1 aromatic heterocycles. The number of phenols is 1. The van der Waals surface area contributed by atoms with Crippen molar-refractivity contribution in [3.8, 4) is 5.75 Å². The monoisotopic (exact) mass is 273 g/mol. The molecule has 0 spiro atoms. The summed E-state index contributed by atoms with van der Waals surface area (Å²) in [6, 6.07) is 7.99. The molecule has 0 fully saturated rings. The Morgan fingerprint density at radius 3 is 2.95 bits per heavy atom. The molecule has 20 heavy (non-hydrogen) atoms. The summed E-state index contributed by atoms with van der Waals surface area (Å²) in [5.41, 5.74) is 2.36. The zero-order valence-electron chi connectivity index (χ0n) is 12.0. The van der Waals surface area contributed by atoms with E-state index < -0.39 is 0 Å². The maximum atomic E-state index is 9.43. The molecular weight excluding hydrogens is 250 g/mol. The molecule has 108 valence electrons. The van der Waals surface area contributed by atoms with Crippen LogP contribution in [0.15, 0.2) is 36.8 Å². The van der Waals surface area contributed by atoms with Crippen LogP contribution in [0.1, 0.15) is 31.0 Å². The van der Waals surface area contributed by atoms with E-state index in [0.717, 1.165) is 32.2 Å². The van der Waals surface area contributed by atoms with Gasteiger partial charge in [0, 0.05) is 17.9 Å². The molecule has 1 atom stereocenters. The van der Waals surface area contributed by atoms with Gasteiger partial charge in [0.25, 0.3) is 0 Å². The lowest BCUT2D eigenvalue weighted by Gasteiger charge is -2.16. The van der Waals surface area contributed by atoms with Gasteiger partial charge < -0.3 is 15.4 Å². The number of imidazole rings is 1. The van der Waals surface area contributed by atoms with Crippen LogP contribution in [0.25, 0.3) is 0 Å². The van der Waals surface area contributed by atoms with E-state index in [-0.39, 0.29) is 0 Å². The lowest BCUT2D eigenvalue weighted by molar-refractivity contribution is 0.466. The molecule has 0 aliphatic rings. The lowest BCUT2D eigenvalue weighted by atomic mass is 10.1. The lowest BCUT2D eigenvalue weighted by Crippen LogP contribution is -2.30. The van der Waals surface area contributed by atoms with Crippen LogP contribution >= 0.6 is 0 Å². The maximum absolute atomic E-state index is 9.43. The van der Waals surface area contributed by atoms with Gasteiger partial charge in [-0.3, -0.25) is 0 Å². The molecule has 3 N–H and O–H groups in total. The Kier molecular flexibility index (Phi) is 5.62. The number of aryl methyl sites for hydroxylation is 1. The summed E-state index contributed by atoms with van der Waals surface area (Å²) in [7, 11) is 0. The van der Waals surface area contributed by atoms with Gasteiger partial charge in [-0.15, -0.1) is 0 Å². The highest BCUT2D eigenvalue weighted by Gasteiger charge is 2.06. The number of nitrogens with one attached hydrogen (secondary N) is 2. The molecular formula is C16H23N3O. The van der Waals surface area contributed by atoms with E-state index in [1.54, 1.807) is 12.4 Å². The number of H-pyrrole nitrogens is 1. The SMILES string of the molecule is CCC(CCc1cnc[nH]1)NCCc1cccc(O)c1. The number of nitrogens with zero attached hydrogens (tertiary/aromatic N) is 1. The summed E-state index contributed by atoms with van der Waals surface area (Å²) in [5, 5.41) is 13.0. The number of hydrogen-bond donors (Lipinski definition) is 3. The molecule has 0 aliphatic carbocycles. The van der Waals surface area contributed by atoms with Gasteiger partial charge >= 0.3 is 0 Å². The van der Waals surface area contributed by atoms with Crippen molar-refractivity contribution in [3.63, 3.8) is 0 Å². The molecule has 0 saturated heterocycles. The Balaban J connectivity index is 1.70. The molecule has 4 nitrogen and oxygen atoms in total. The normalized spacial score (nSPS) is 12.4. The Morgan fingerprint density at radius 1 is 1.35 bits per heavy atom. The number of aromatic hydroxyl groups is 1. The van der Waals surface area contributed by atoms with Crippen LogP contribution in [-0.2, 0) is 12.8 Å². The quantitative estimate of drug-likeness (QED) is 0.693. The van der Waals surface area contributed by atoms with Crippen molar-refractivity contribution in [2.24, 2.45) is 0 Å². The van der Waals surface area contributed by atoms with Crippen molar-refractivity contribution >= 4 is 0 Å². The predicted molar refractivity (Wildman–Crippen MR) is 80.8 cm³/mol. The first-order valence-electron chi connectivity index (χ1n) is 7.26. The Labute approximate surface area is 120 Å². The zero-order chi connectivity index (χ0) is 14.2. The summed E-state index contributed by atoms with van der Waals surface area (Å²) in [4.78, 5) is 7.17. The van der Waals surface area contributed by atoms with Crippen molar-refractivity contribution in [3.05, 3.63) is 48.0 Å². The van der Waals surface area contributed by atoms with E-state index in [9.17, 15) is 5.11 Å². The third kappa shape index (κ3) is 4.70. The number of aromatic amines is 1. The summed E-state index contributed by atoms with van der Waals surface area (Å²) >= 11 is 0. The Morgan fingerprint density at radius 2 is 2.25 bits per heavy atom. The van der Waals surface area contributed by atoms with Crippen LogP contribution < -0.4 is 5.32 Å². The highest BCUT2D eigenvalue weighted by Crippen LogP contribution is 2.11. The van der Waals surface area contributed by atoms with E-state index >= 15 is 0 Å². The highest BCUT2D eigenvalue weighted by molar-refractivity contribution is 5.27. The molecule has 0 bridgehead atoms. The largest absolute Gasteiger partial charge is 0.508 e. The standard InChI is InChI=1S/C16H23N3O/c1-2-14(6-7-15-11-17-12-19-15)18-9-8-13-4-3-5-16(20)10-13/h3-5,10-12,14,18,20H,2,6-9H2,1H3,(H,17,19). The summed E-state index contributed by atoms with van der Waals surface area (Å²) in [6.07, 6.45) is 7.81. The molecule has 2 rings (SSSR count). The molecule has 0 amide bonds. The minimum Gasteiger partial charge on any atom is -0.508 e. The van der Waals surface area contributed by atoms with E-state index in [4.69, 9.17) is 0 Å². The van der Waals surface area contributed by atoms with Crippen LogP contribution in [-0.4, -0.2) is 27.7 Å². The highest BCUT2D eigenvalue weighted by atomic mass is 16.3. The number of benzene rings is 1. The first kappa shape index (κ1) is 14.6. The van der Waals surface area contributed by atoms with E-state index in [1.807, 2.05) is 24.4 Å². The summed E-state index contributed by atoms with van der Waals surface area (Å²) in [5.74, 6) is 0.341. The van der Waals surface area contributed by atoms with Crippen LogP contribution in [0.2, 0.25) is 0 Å². The second-order valence-electron chi connectivity index (χ2n) is 5.09. The zero-order valence-corrected chi connectivity index (χ0v) is 12.0. The number of rotatable bonds is 8. The second-order valence-corrected chi connectivity index (χ2v) is 5.09. The van der Waals surface area contributed by atoms with Crippen LogP contribution in [0.3, 0.4) is 0 Å². The van der Waals surface area contributed by atoms with Gasteiger partial charge in [-0.25, -0.2) is 4.98 Å². The minimum atomic E-state index is 0.341. The fraction of sp³-hybridized carbons (Fsp3) is 0.438. The van der Waals surface area contributed by atoms with Crippen LogP contribution in [0.4, 0.5) is 0 Å². The van der Waals surface area contributed by atoms with Crippen molar-refractivity contribution in [1.82, 2.24) is 15.3 Å². The van der Waals surface area contributed by atoms with E-state index in [0.29, 0.717) is 11.8 Å². The van der Waals surface area contributed by atoms with Gasteiger partial charge in [0.1, 0.15) is 5.75 Å². The van der Waals surface area contributed by atoms with Crippen molar-refractivity contribution < 1.29 is 5.11 Å². The van der Waals surface area contributed by atoms with E-state index in [2.05, 4.69) is 22.2 Å². The van der Waals surface area contributed by atoms with Crippen molar-refractivity contribution in [2.45, 2.75) is 38.6 Å². The number of aromatic nitrogens is 2. The average molecular weight is 273 g/mol. The van der Waals surface area contributed by atoms with Crippen LogP contribution in [0.5, 0.6) is 5.75 Å². The van der Waals surface area contributed by atoms with Gasteiger partial charge in [0.2, 0.25) is 0 Å². The van der Waals surface area contributed by atoms with Gasteiger partial charge in [0.05, 0.1) is 6.33 Å². The molecule has 1 unspecified atom stereocenters. The molecule has 0 saturated carbocycles. The predicted octanol–water partition coefficient (Wildman–Crippen LogP) is 2.66. The van der Waals surface area contributed by atoms with E-state index in [1.165, 1.54) is 11.3 Å². The van der Waals surface area contributed by atoms with Gasteiger partial charge in [0.15, 0.2) is 0 Å². The smallest absolute Gasteiger partial charge is 0.115 e. The maximum Gasteiger partial charge on any atom is 0.115 e. The summed E-state index contributed by atoms with van der Waals surface area (Å²) in [6.45, 7) is 3.14. The molecule has 4 heteroatoms. The molecule has 1 aromatic carbocycles. The first-order chi connectivity index (χ1) is 9.78. The van der Waals surface area contributed by atoms with Gasteiger partial charge in [-0.2, -0.15) is 0 Å². The number of phenolic OH excluding ortho intramolecular Hbond substituents is 1.